The summed E-state index contributed by atoms with van der Waals surface area (Å²) in [7, 11) is -3.44. The second-order valence-corrected chi connectivity index (χ2v) is 7.98. The summed E-state index contributed by atoms with van der Waals surface area (Å²) in [5, 5.41) is 0.452. The Kier molecular flexibility index (Phi) is 5.40. The maximum Gasteiger partial charge on any atom is 0.391 e. The predicted molar refractivity (Wildman–Crippen MR) is 78.7 cm³/mol. The Morgan fingerprint density at radius 3 is 2.18 bits per heavy atom. The molecule has 1 aromatic rings. The molecule has 0 radical (unpaired) electrons. The summed E-state index contributed by atoms with van der Waals surface area (Å²) < 4.78 is 62.0. The Hall–Kier alpha value is -0.790. The SMILES string of the molecule is O=S(=O)(CCN1CCC(C(F)(F)F)CC1)c1ccc(Cl)cc1. The van der Waals surface area contributed by atoms with Crippen LogP contribution in [0, 0.1) is 5.92 Å². The second-order valence-electron chi connectivity index (χ2n) is 5.43. The average molecular weight is 356 g/mol. The summed E-state index contributed by atoms with van der Waals surface area (Å²) in [6.07, 6.45) is -4.09. The molecule has 1 aromatic carbocycles. The van der Waals surface area contributed by atoms with E-state index in [9.17, 15) is 21.6 Å². The van der Waals surface area contributed by atoms with E-state index in [1.54, 1.807) is 4.90 Å². The third-order valence-corrected chi connectivity index (χ3v) is 5.86. The molecule has 0 atom stereocenters. The standard InChI is InChI=1S/C14H17ClF3NO2S/c15-12-1-3-13(4-2-12)22(20,21)10-9-19-7-5-11(6-8-19)14(16,17)18/h1-4,11H,5-10H2. The van der Waals surface area contributed by atoms with Gasteiger partial charge in [-0.1, -0.05) is 11.6 Å². The number of piperidine rings is 1. The van der Waals surface area contributed by atoms with Gasteiger partial charge in [-0.3, -0.25) is 0 Å². The number of benzene rings is 1. The van der Waals surface area contributed by atoms with Crippen LogP contribution in [0.3, 0.4) is 0 Å². The zero-order valence-corrected chi connectivity index (χ0v) is 13.4. The van der Waals surface area contributed by atoms with Gasteiger partial charge in [0.2, 0.25) is 0 Å². The summed E-state index contributed by atoms with van der Waals surface area (Å²) in [5.41, 5.74) is 0. The smallest absolute Gasteiger partial charge is 0.302 e. The van der Waals surface area contributed by atoms with E-state index in [0.717, 1.165) is 0 Å². The zero-order valence-electron chi connectivity index (χ0n) is 11.8. The molecule has 124 valence electrons. The van der Waals surface area contributed by atoms with Gasteiger partial charge in [-0.25, -0.2) is 8.42 Å². The molecule has 0 aliphatic carbocycles. The molecule has 0 bridgehead atoms. The molecule has 1 saturated heterocycles. The summed E-state index contributed by atoms with van der Waals surface area (Å²) in [4.78, 5) is 1.96. The summed E-state index contributed by atoms with van der Waals surface area (Å²) in [6.45, 7) is 0.802. The first-order chi connectivity index (χ1) is 10.2. The summed E-state index contributed by atoms with van der Waals surface area (Å²) in [6, 6.07) is 5.88. The molecule has 0 amide bonds. The molecule has 1 aliphatic rings. The Bertz CT molecular complexity index is 594. The number of hydrogen-bond donors (Lipinski definition) is 0. The molecule has 1 fully saturated rings. The number of halogens is 4. The lowest BCUT2D eigenvalue weighted by Crippen LogP contribution is -2.40. The van der Waals surface area contributed by atoms with Crippen molar-refractivity contribution in [2.45, 2.75) is 23.9 Å². The number of nitrogens with zero attached hydrogens (tertiary/aromatic N) is 1. The van der Waals surface area contributed by atoms with E-state index in [4.69, 9.17) is 11.6 Å². The van der Waals surface area contributed by atoms with Crippen LogP contribution in [0.4, 0.5) is 13.2 Å². The summed E-state index contributed by atoms with van der Waals surface area (Å²) in [5.74, 6) is -1.37. The van der Waals surface area contributed by atoms with E-state index in [0.29, 0.717) is 5.02 Å². The quantitative estimate of drug-likeness (QED) is 0.830. The maximum absolute atomic E-state index is 12.6. The Morgan fingerprint density at radius 2 is 1.68 bits per heavy atom. The molecule has 0 saturated carbocycles. The van der Waals surface area contributed by atoms with Gasteiger partial charge in [0.15, 0.2) is 9.84 Å². The first-order valence-electron chi connectivity index (χ1n) is 6.96. The lowest BCUT2D eigenvalue weighted by Gasteiger charge is -2.32. The molecular formula is C14H17ClF3NO2S. The third kappa shape index (κ3) is 4.60. The fourth-order valence-electron chi connectivity index (χ4n) is 2.49. The van der Waals surface area contributed by atoms with Gasteiger partial charge in [-0.05, 0) is 50.2 Å². The molecule has 8 heteroatoms. The fourth-order valence-corrected chi connectivity index (χ4v) is 3.90. The minimum atomic E-state index is -4.15. The lowest BCUT2D eigenvalue weighted by molar-refractivity contribution is -0.184. The van der Waals surface area contributed by atoms with Crippen LogP contribution in [0.2, 0.25) is 5.02 Å². The first-order valence-corrected chi connectivity index (χ1v) is 8.99. The van der Waals surface area contributed by atoms with Gasteiger partial charge in [0, 0.05) is 11.6 Å². The van der Waals surface area contributed by atoms with Crippen molar-refractivity contribution < 1.29 is 21.6 Å². The molecule has 0 spiro atoms. The monoisotopic (exact) mass is 355 g/mol. The highest BCUT2D eigenvalue weighted by Crippen LogP contribution is 2.34. The van der Waals surface area contributed by atoms with Crippen molar-refractivity contribution in [1.82, 2.24) is 4.90 Å². The molecule has 0 unspecified atom stereocenters. The zero-order chi connectivity index (χ0) is 16.4. The number of likely N-dealkylation sites (tertiary alicyclic amines) is 1. The number of alkyl halides is 3. The lowest BCUT2D eigenvalue weighted by atomic mass is 9.96. The molecule has 3 nitrogen and oxygen atoms in total. The van der Waals surface area contributed by atoms with Gasteiger partial charge in [-0.15, -0.1) is 0 Å². The van der Waals surface area contributed by atoms with Crippen molar-refractivity contribution in [2.75, 3.05) is 25.4 Å². The minimum Gasteiger partial charge on any atom is -0.302 e. The van der Waals surface area contributed by atoms with E-state index in [1.807, 2.05) is 0 Å². The van der Waals surface area contributed by atoms with E-state index in [1.165, 1.54) is 24.3 Å². The number of rotatable bonds is 4. The van der Waals surface area contributed by atoms with Crippen LogP contribution in [0.15, 0.2) is 29.2 Å². The molecule has 1 heterocycles. The van der Waals surface area contributed by atoms with Gasteiger partial charge in [0.25, 0.3) is 0 Å². The molecule has 0 N–H and O–H groups in total. The first kappa shape index (κ1) is 17.6. The van der Waals surface area contributed by atoms with Crippen LogP contribution in [0.5, 0.6) is 0 Å². The molecule has 2 rings (SSSR count). The Labute approximate surface area is 133 Å². The van der Waals surface area contributed by atoms with Crippen LogP contribution in [-0.4, -0.2) is 44.9 Å². The summed E-state index contributed by atoms with van der Waals surface area (Å²) >= 11 is 5.72. The highest BCUT2D eigenvalue weighted by molar-refractivity contribution is 7.91. The van der Waals surface area contributed by atoms with Crippen molar-refractivity contribution in [3.63, 3.8) is 0 Å². The number of hydrogen-bond acceptors (Lipinski definition) is 3. The Morgan fingerprint density at radius 1 is 1.14 bits per heavy atom. The highest BCUT2D eigenvalue weighted by Gasteiger charge is 2.41. The highest BCUT2D eigenvalue weighted by atomic mass is 35.5. The Balaban J connectivity index is 1.87. The van der Waals surface area contributed by atoms with E-state index >= 15 is 0 Å². The van der Waals surface area contributed by atoms with E-state index in [-0.39, 0.29) is 43.1 Å². The molecule has 22 heavy (non-hydrogen) atoms. The molecular weight excluding hydrogens is 339 g/mol. The van der Waals surface area contributed by atoms with Gasteiger partial charge < -0.3 is 4.90 Å². The van der Waals surface area contributed by atoms with Gasteiger partial charge >= 0.3 is 6.18 Å². The van der Waals surface area contributed by atoms with Crippen molar-refractivity contribution >= 4 is 21.4 Å². The van der Waals surface area contributed by atoms with Crippen LogP contribution >= 0.6 is 11.6 Å². The van der Waals surface area contributed by atoms with Crippen molar-refractivity contribution in [3.05, 3.63) is 29.3 Å². The van der Waals surface area contributed by atoms with E-state index < -0.39 is 21.9 Å². The minimum absolute atomic E-state index is 0.0322. The average Bonchev–Trinajstić information content (AvgIpc) is 2.45. The molecule has 0 aromatic heterocycles. The van der Waals surface area contributed by atoms with Crippen LogP contribution < -0.4 is 0 Å². The topological polar surface area (TPSA) is 37.4 Å². The van der Waals surface area contributed by atoms with E-state index in [2.05, 4.69) is 0 Å². The van der Waals surface area contributed by atoms with Crippen LogP contribution in [0.25, 0.3) is 0 Å². The van der Waals surface area contributed by atoms with Crippen LogP contribution in [0.1, 0.15) is 12.8 Å². The number of sulfone groups is 1. The van der Waals surface area contributed by atoms with Gasteiger partial charge in [0.05, 0.1) is 16.6 Å². The predicted octanol–water partition coefficient (Wildman–Crippen LogP) is 3.39. The molecule has 1 aliphatic heterocycles. The van der Waals surface area contributed by atoms with Crippen molar-refractivity contribution in [2.24, 2.45) is 5.92 Å². The largest absolute Gasteiger partial charge is 0.391 e. The fraction of sp³-hybridized carbons (Fsp3) is 0.571. The van der Waals surface area contributed by atoms with Crippen LogP contribution in [-0.2, 0) is 9.84 Å². The normalized spacial score (nSPS) is 18.5. The second kappa shape index (κ2) is 6.76. The van der Waals surface area contributed by atoms with Crippen molar-refractivity contribution in [3.8, 4) is 0 Å². The third-order valence-electron chi connectivity index (χ3n) is 3.90. The maximum atomic E-state index is 12.6. The van der Waals surface area contributed by atoms with Crippen molar-refractivity contribution in [1.29, 1.82) is 0 Å². The van der Waals surface area contributed by atoms with Gasteiger partial charge in [0.1, 0.15) is 0 Å². The van der Waals surface area contributed by atoms with Gasteiger partial charge in [-0.2, -0.15) is 13.2 Å².